The van der Waals surface area contributed by atoms with Gasteiger partial charge in [-0.2, -0.15) is 0 Å². The fourth-order valence-electron chi connectivity index (χ4n) is 8.61. The van der Waals surface area contributed by atoms with Crippen LogP contribution in [0.4, 0.5) is 0 Å². The molecule has 12 rings (SSSR count). The van der Waals surface area contributed by atoms with E-state index >= 15 is 0 Å². The highest BCUT2D eigenvalue weighted by atomic mass is 16.3. The summed E-state index contributed by atoms with van der Waals surface area (Å²) in [6.07, 6.45) is 0. The van der Waals surface area contributed by atoms with E-state index < -0.39 is 0 Å². The average molecular weight is 742 g/mol. The van der Waals surface area contributed by atoms with Crippen molar-refractivity contribution in [1.29, 1.82) is 0 Å². The van der Waals surface area contributed by atoms with Gasteiger partial charge in [-0.15, -0.1) is 0 Å². The highest BCUT2D eigenvalue weighted by molar-refractivity contribution is 6.17. The molecule has 0 fully saturated rings. The number of furan rings is 2. The Bertz CT molecular complexity index is 3590. The van der Waals surface area contributed by atoms with Crippen LogP contribution < -0.4 is 0 Å². The molecule has 0 amide bonds. The summed E-state index contributed by atoms with van der Waals surface area (Å²) >= 11 is 0. The predicted molar refractivity (Wildman–Crippen MR) is 237 cm³/mol. The molecule has 5 nitrogen and oxygen atoms in total. The highest BCUT2D eigenvalue weighted by Gasteiger charge is 2.21. The second-order valence-corrected chi connectivity index (χ2v) is 14.7. The number of hydrogen-bond donors (Lipinski definition) is 0. The Kier molecular flexibility index (Phi) is 7.16. The third kappa shape index (κ3) is 5.14. The molecule has 0 atom stereocenters. The van der Waals surface area contributed by atoms with E-state index in [0.717, 1.165) is 93.6 Å². The maximum atomic E-state index is 6.79. The lowest BCUT2D eigenvalue weighted by atomic mass is 9.93. The molecule has 270 valence electrons. The van der Waals surface area contributed by atoms with Crippen molar-refractivity contribution in [3.05, 3.63) is 188 Å². The Morgan fingerprint density at radius 1 is 0.293 bits per heavy atom. The first-order chi connectivity index (χ1) is 28.7. The molecular weight excluding hydrogens is 711 g/mol. The smallest absolute Gasteiger partial charge is 0.164 e. The van der Waals surface area contributed by atoms with Gasteiger partial charge in [0.15, 0.2) is 17.5 Å². The Morgan fingerprint density at radius 2 is 0.862 bits per heavy atom. The van der Waals surface area contributed by atoms with Crippen molar-refractivity contribution in [2.45, 2.75) is 0 Å². The number of rotatable bonds is 5. The van der Waals surface area contributed by atoms with Crippen LogP contribution in [0.2, 0.25) is 0 Å². The topological polar surface area (TPSA) is 65.0 Å². The van der Waals surface area contributed by atoms with Crippen LogP contribution >= 0.6 is 0 Å². The van der Waals surface area contributed by atoms with E-state index in [4.69, 9.17) is 23.8 Å². The number of para-hydroxylation sites is 2. The first-order valence-corrected chi connectivity index (χ1v) is 19.4. The van der Waals surface area contributed by atoms with Gasteiger partial charge >= 0.3 is 0 Å². The van der Waals surface area contributed by atoms with Gasteiger partial charge in [-0.05, 0) is 68.6 Å². The number of fused-ring (bicyclic) bond motifs is 8. The largest absolute Gasteiger partial charge is 0.456 e. The maximum absolute atomic E-state index is 6.79. The summed E-state index contributed by atoms with van der Waals surface area (Å²) in [5, 5.41) is 8.90. The number of benzene rings is 9. The molecule has 0 N–H and O–H groups in total. The van der Waals surface area contributed by atoms with Gasteiger partial charge < -0.3 is 8.83 Å². The van der Waals surface area contributed by atoms with Crippen LogP contribution in [0.3, 0.4) is 0 Å². The molecule has 9 aromatic carbocycles. The van der Waals surface area contributed by atoms with Crippen LogP contribution in [0, 0.1) is 0 Å². The van der Waals surface area contributed by atoms with Crippen molar-refractivity contribution in [3.8, 4) is 56.4 Å². The van der Waals surface area contributed by atoms with Crippen LogP contribution in [0.1, 0.15) is 0 Å². The normalized spacial score (nSPS) is 11.8. The molecule has 0 radical (unpaired) electrons. The molecule has 3 aromatic heterocycles. The van der Waals surface area contributed by atoms with Crippen molar-refractivity contribution in [3.63, 3.8) is 0 Å². The monoisotopic (exact) mass is 741 g/mol. The summed E-state index contributed by atoms with van der Waals surface area (Å²) in [4.78, 5) is 15.6. The first-order valence-electron chi connectivity index (χ1n) is 19.4. The van der Waals surface area contributed by atoms with Crippen LogP contribution in [0.5, 0.6) is 0 Å². The van der Waals surface area contributed by atoms with Crippen LogP contribution in [-0.4, -0.2) is 15.0 Å². The number of hydrogen-bond acceptors (Lipinski definition) is 5. The number of nitrogens with zero attached hydrogens (tertiary/aromatic N) is 3. The third-order valence-corrected chi connectivity index (χ3v) is 11.3. The van der Waals surface area contributed by atoms with E-state index in [2.05, 4.69) is 158 Å². The molecule has 0 spiro atoms. The molecule has 0 saturated carbocycles. The molecule has 12 aromatic rings. The lowest BCUT2D eigenvalue weighted by molar-refractivity contribution is 0.669. The molecule has 58 heavy (non-hydrogen) atoms. The van der Waals surface area contributed by atoms with Crippen LogP contribution in [-0.2, 0) is 0 Å². The summed E-state index contributed by atoms with van der Waals surface area (Å²) < 4.78 is 13.1. The van der Waals surface area contributed by atoms with Gasteiger partial charge in [-0.25, -0.2) is 15.0 Å². The SMILES string of the molecule is c1ccc(-c2cccc3oc4c(-c5cccc6ccccc56)cccc4c23)c(-c2nc(-c3ccc4ccccc4c3)nc(-c3ccc4c(c3)oc3ccccc34)n2)c1. The van der Waals surface area contributed by atoms with Crippen molar-refractivity contribution < 1.29 is 8.83 Å². The molecule has 0 saturated heterocycles. The quantitative estimate of drug-likeness (QED) is 0.176. The van der Waals surface area contributed by atoms with Crippen molar-refractivity contribution >= 4 is 65.4 Å². The summed E-state index contributed by atoms with van der Waals surface area (Å²) in [6, 6.07) is 65.1. The Labute approximate surface area is 332 Å². The zero-order chi connectivity index (χ0) is 38.2. The Balaban J connectivity index is 1.07. The van der Waals surface area contributed by atoms with Gasteiger partial charge in [0.05, 0.1) is 0 Å². The molecular formula is C53H31N3O2. The zero-order valence-electron chi connectivity index (χ0n) is 31.1. The van der Waals surface area contributed by atoms with E-state index in [0.29, 0.717) is 17.5 Å². The van der Waals surface area contributed by atoms with E-state index in [1.165, 1.54) is 10.8 Å². The third-order valence-electron chi connectivity index (χ3n) is 11.3. The molecule has 0 aliphatic carbocycles. The summed E-state index contributed by atoms with van der Waals surface area (Å²) in [6.45, 7) is 0. The van der Waals surface area contributed by atoms with Crippen molar-refractivity contribution in [2.24, 2.45) is 0 Å². The molecule has 0 unspecified atom stereocenters. The molecule has 5 heteroatoms. The Hall–Kier alpha value is -7.89. The molecule has 0 bridgehead atoms. The lowest BCUT2D eigenvalue weighted by Crippen LogP contribution is -2.01. The van der Waals surface area contributed by atoms with Gasteiger partial charge in [0.2, 0.25) is 0 Å². The zero-order valence-corrected chi connectivity index (χ0v) is 31.1. The van der Waals surface area contributed by atoms with Gasteiger partial charge in [0, 0.05) is 43.8 Å². The van der Waals surface area contributed by atoms with Gasteiger partial charge in [0.1, 0.15) is 22.3 Å². The fraction of sp³-hybridized carbons (Fsp3) is 0. The van der Waals surface area contributed by atoms with Crippen molar-refractivity contribution in [2.75, 3.05) is 0 Å². The van der Waals surface area contributed by atoms with E-state index in [1.807, 2.05) is 30.3 Å². The maximum Gasteiger partial charge on any atom is 0.164 e. The summed E-state index contributed by atoms with van der Waals surface area (Å²) in [7, 11) is 0. The summed E-state index contributed by atoms with van der Waals surface area (Å²) in [5.41, 5.74) is 10.2. The molecule has 0 aliphatic rings. The lowest BCUT2D eigenvalue weighted by Gasteiger charge is -2.13. The standard InChI is InChI=1S/C53H31N3O2/c1-2-14-34-30-35(27-26-32(34)12-1)51-54-52(36-28-29-41-40-18-7-8-24-46(40)57-48(41)31-36)56-53(55-51)44-19-6-5-17-39(44)42-21-11-25-47-49(42)45-23-10-22-43(50(45)58-47)38-20-9-15-33-13-3-4-16-37(33)38/h1-31H. The van der Waals surface area contributed by atoms with Gasteiger partial charge in [-0.3, -0.25) is 0 Å². The van der Waals surface area contributed by atoms with Crippen molar-refractivity contribution in [1.82, 2.24) is 15.0 Å². The molecule has 3 heterocycles. The van der Waals surface area contributed by atoms with E-state index in [-0.39, 0.29) is 0 Å². The predicted octanol–water partition coefficient (Wildman–Crippen LogP) is 14.3. The molecule has 0 aliphatic heterocycles. The fourth-order valence-corrected chi connectivity index (χ4v) is 8.61. The minimum Gasteiger partial charge on any atom is -0.456 e. The number of aromatic nitrogens is 3. The Morgan fingerprint density at radius 3 is 1.76 bits per heavy atom. The van der Waals surface area contributed by atoms with Gasteiger partial charge in [-0.1, -0.05) is 158 Å². The van der Waals surface area contributed by atoms with Crippen LogP contribution in [0.15, 0.2) is 197 Å². The second-order valence-electron chi connectivity index (χ2n) is 14.7. The summed E-state index contributed by atoms with van der Waals surface area (Å²) in [5.74, 6) is 1.74. The average Bonchev–Trinajstić information content (AvgIpc) is 3.87. The van der Waals surface area contributed by atoms with Crippen LogP contribution in [0.25, 0.3) is 122 Å². The van der Waals surface area contributed by atoms with E-state index in [9.17, 15) is 0 Å². The second kappa shape index (κ2) is 12.8. The van der Waals surface area contributed by atoms with E-state index in [1.54, 1.807) is 0 Å². The minimum atomic E-state index is 0.567. The first kappa shape index (κ1) is 32.4. The minimum absolute atomic E-state index is 0.567. The van der Waals surface area contributed by atoms with Gasteiger partial charge in [0.25, 0.3) is 0 Å². The highest BCUT2D eigenvalue weighted by Crippen LogP contribution is 2.44.